The van der Waals surface area contributed by atoms with Crippen molar-refractivity contribution in [1.82, 2.24) is 9.88 Å². The third-order valence-corrected chi connectivity index (χ3v) is 2.55. The number of carbonyl (C=O) groups is 1. The first-order chi connectivity index (χ1) is 7.72. The van der Waals surface area contributed by atoms with Crippen LogP contribution in [-0.2, 0) is 7.05 Å². The summed E-state index contributed by atoms with van der Waals surface area (Å²) in [5.74, 6) is -0.0642. The second-order valence-corrected chi connectivity index (χ2v) is 3.70. The van der Waals surface area contributed by atoms with Crippen molar-refractivity contribution in [3.8, 4) is 0 Å². The molecule has 2 aromatic rings. The summed E-state index contributed by atoms with van der Waals surface area (Å²) in [4.78, 5) is 11.7. The van der Waals surface area contributed by atoms with Crippen molar-refractivity contribution in [2.45, 2.75) is 0 Å². The van der Waals surface area contributed by atoms with Crippen LogP contribution in [0.5, 0.6) is 0 Å². The fourth-order valence-corrected chi connectivity index (χ4v) is 1.69. The molecule has 1 N–H and O–H groups in total. The van der Waals surface area contributed by atoms with Gasteiger partial charge < -0.3 is 9.88 Å². The average molecular weight is 214 g/mol. The van der Waals surface area contributed by atoms with E-state index in [0.29, 0.717) is 12.1 Å². The highest BCUT2D eigenvalue weighted by molar-refractivity contribution is 5.98. The largest absolute Gasteiger partial charge is 0.351 e. The molecule has 0 spiro atoms. The summed E-state index contributed by atoms with van der Waals surface area (Å²) in [5.41, 5.74) is 1.81. The Bertz CT molecular complexity index is 540. The zero-order valence-electron chi connectivity index (χ0n) is 9.23. The number of benzene rings is 1. The Morgan fingerprint density at radius 3 is 3.06 bits per heavy atom. The van der Waals surface area contributed by atoms with Crippen LogP contribution in [0.4, 0.5) is 0 Å². The van der Waals surface area contributed by atoms with Gasteiger partial charge in [0.15, 0.2) is 0 Å². The molecule has 16 heavy (non-hydrogen) atoms. The van der Waals surface area contributed by atoms with Crippen molar-refractivity contribution in [3.05, 3.63) is 48.7 Å². The van der Waals surface area contributed by atoms with E-state index in [2.05, 4.69) is 11.9 Å². The Labute approximate surface area is 94.4 Å². The predicted molar refractivity (Wildman–Crippen MR) is 65.4 cm³/mol. The summed E-state index contributed by atoms with van der Waals surface area (Å²) >= 11 is 0. The van der Waals surface area contributed by atoms with Crippen LogP contribution in [0, 0.1) is 0 Å². The van der Waals surface area contributed by atoms with E-state index in [1.165, 1.54) is 0 Å². The third kappa shape index (κ3) is 1.84. The van der Waals surface area contributed by atoms with Gasteiger partial charge in [-0.2, -0.15) is 0 Å². The van der Waals surface area contributed by atoms with Crippen LogP contribution < -0.4 is 5.32 Å². The Balaban J connectivity index is 2.32. The molecule has 0 aliphatic rings. The van der Waals surface area contributed by atoms with Gasteiger partial charge in [-0.1, -0.05) is 6.08 Å². The minimum atomic E-state index is -0.0642. The van der Waals surface area contributed by atoms with Crippen molar-refractivity contribution in [2.24, 2.45) is 7.05 Å². The maximum absolute atomic E-state index is 11.7. The first-order valence-corrected chi connectivity index (χ1v) is 5.16. The number of hydrogen-bond acceptors (Lipinski definition) is 1. The molecule has 0 aliphatic carbocycles. The zero-order chi connectivity index (χ0) is 11.5. The van der Waals surface area contributed by atoms with Crippen molar-refractivity contribution < 1.29 is 4.79 Å². The number of amides is 1. The first-order valence-electron chi connectivity index (χ1n) is 5.16. The third-order valence-electron chi connectivity index (χ3n) is 2.55. The van der Waals surface area contributed by atoms with E-state index in [-0.39, 0.29) is 5.91 Å². The lowest BCUT2D eigenvalue weighted by Gasteiger charge is -2.03. The van der Waals surface area contributed by atoms with Gasteiger partial charge in [-0.05, 0) is 24.3 Å². The normalized spacial score (nSPS) is 10.3. The number of aryl methyl sites for hydroxylation is 1. The molecule has 0 radical (unpaired) electrons. The van der Waals surface area contributed by atoms with Crippen molar-refractivity contribution in [1.29, 1.82) is 0 Å². The number of rotatable bonds is 3. The van der Waals surface area contributed by atoms with E-state index in [9.17, 15) is 4.79 Å². The Hall–Kier alpha value is -2.03. The van der Waals surface area contributed by atoms with Crippen LogP contribution in [0.1, 0.15) is 10.4 Å². The highest BCUT2D eigenvalue weighted by Crippen LogP contribution is 2.16. The molecule has 82 valence electrons. The van der Waals surface area contributed by atoms with Crippen LogP contribution in [0.25, 0.3) is 10.9 Å². The van der Waals surface area contributed by atoms with Crippen molar-refractivity contribution >= 4 is 16.8 Å². The molecule has 3 nitrogen and oxygen atoms in total. The monoisotopic (exact) mass is 214 g/mol. The lowest BCUT2D eigenvalue weighted by atomic mass is 10.1. The van der Waals surface area contributed by atoms with Gasteiger partial charge in [-0.25, -0.2) is 0 Å². The minimum absolute atomic E-state index is 0.0642. The predicted octanol–water partition coefficient (Wildman–Crippen LogP) is 2.09. The van der Waals surface area contributed by atoms with Crippen LogP contribution >= 0.6 is 0 Å². The molecule has 1 aromatic carbocycles. The number of fused-ring (bicyclic) bond motifs is 1. The van der Waals surface area contributed by atoms with Gasteiger partial charge in [0.1, 0.15) is 0 Å². The number of nitrogens with one attached hydrogen (secondary N) is 1. The lowest BCUT2D eigenvalue weighted by molar-refractivity contribution is 0.0958. The van der Waals surface area contributed by atoms with Gasteiger partial charge >= 0.3 is 0 Å². The Kier molecular flexibility index (Phi) is 2.77. The van der Waals surface area contributed by atoms with Gasteiger partial charge in [0, 0.05) is 36.3 Å². The molecule has 0 aliphatic heterocycles. The molecule has 0 fully saturated rings. The highest BCUT2D eigenvalue weighted by atomic mass is 16.1. The molecule has 3 heteroatoms. The van der Waals surface area contributed by atoms with E-state index in [4.69, 9.17) is 0 Å². The van der Waals surface area contributed by atoms with Crippen molar-refractivity contribution in [3.63, 3.8) is 0 Å². The maximum atomic E-state index is 11.7. The minimum Gasteiger partial charge on any atom is -0.351 e. The molecule has 0 atom stereocenters. The summed E-state index contributed by atoms with van der Waals surface area (Å²) in [5, 5.41) is 3.83. The molecule has 2 rings (SSSR count). The fraction of sp³-hybridized carbons (Fsp3) is 0.154. The quantitative estimate of drug-likeness (QED) is 0.780. The van der Waals surface area contributed by atoms with E-state index < -0.39 is 0 Å². The molecule has 0 bridgehead atoms. The maximum Gasteiger partial charge on any atom is 0.251 e. The molecule has 0 unspecified atom stereocenters. The van der Waals surface area contributed by atoms with Crippen LogP contribution in [-0.4, -0.2) is 17.0 Å². The zero-order valence-corrected chi connectivity index (χ0v) is 9.23. The number of carbonyl (C=O) groups excluding carboxylic acids is 1. The van der Waals surface area contributed by atoms with Gasteiger partial charge in [0.2, 0.25) is 0 Å². The fourth-order valence-electron chi connectivity index (χ4n) is 1.69. The summed E-state index contributed by atoms with van der Waals surface area (Å²) in [6, 6.07) is 7.69. The Morgan fingerprint density at radius 1 is 1.50 bits per heavy atom. The topological polar surface area (TPSA) is 34.0 Å². The summed E-state index contributed by atoms with van der Waals surface area (Å²) in [6.45, 7) is 4.05. The smallest absolute Gasteiger partial charge is 0.251 e. The number of aromatic nitrogens is 1. The average Bonchev–Trinajstić information content (AvgIpc) is 2.67. The van der Waals surface area contributed by atoms with Crippen LogP contribution in [0.15, 0.2) is 43.1 Å². The molecular weight excluding hydrogens is 200 g/mol. The second kappa shape index (κ2) is 4.23. The van der Waals surface area contributed by atoms with E-state index in [0.717, 1.165) is 10.9 Å². The Morgan fingerprint density at radius 2 is 2.31 bits per heavy atom. The summed E-state index contributed by atoms with van der Waals surface area (Å²) < 4.78 is 2.03. The molecule has 1 aromatic heterocycles. The van der Waals surface area contributed by atoms with Gasteiger partial charge in [0.25, 0.3) is 5.91 Å². The summed E-state index contributed by atoms with van der Waals surface area (Å²) in [6.07, 6.45) is 3.65. The van der Waals surface area contributed by atoms with E-state index >= 15 is 0 Å². The van der Waals surface area contributed by atoms with E-state index in [1.807, 2.05) is 42.1 Å². The van der Waals surface area contributed by atoms with Crippen molar-refractivity contribution in [2.75, 3.05) is 6.54 Å². The van der Waals surface area contributed by atoms with Gasteiger partial charge in [-0.15, -0.1) is 6.58 Å². The number of hydrogen-bond donors (Lipinski definition) is 1. The standard InChI is InChI=1S/C13H14N2O/c1-3-7-14-13(16)11-4-5-12-10(9-11)6-8-15(12)2/h3-6,8-9H,1,7H2,2H3,(H,14,16). The molecule has 1 amide bonds. The first kappa shape index (κ1) is 10.5. The lowest BCUT2D eigenvalue weighted by Crippen LogP contribution is -2.22. The molecule has 0 saturated heterocycles. The van der Waals surface area contributed by atoms with Crippen LogP contribution in [0.2, 0.25) is 0 Å². The molecular formula is C13H14N2O. The van der Waals surface area contributed by atoms with Gasteiger partial charge in [0.05, 0.1) is 0 Å². The molecule has 0 saturated carbocycles. The van der Waals surface area contributed by atoms with E-state index in [1.54, 1.807) is 6.08 Å². The van der Waals surface area contributed by atoms with Gasteiger partial charge in [-0.3, -0.25) is 4.79 Å². The second-order valence-electron chi connectivity index (χ2n) is 3.70. The molecule has 1 heterocycles. The SMILES string of the molecule is C=CCNC(=O)c1ccc2c(ccn2C)c1. The van der Waals surface area contributed by atoms with Crippen LogP contribution in [0.3, 0.4) is 0 Å². The number of nitrogens with zero attached hydrogens (tertiary/aromatic N) is 1. The highest BCUT2D eigenvalue weighted by Gasteiger charge is 2.05. The summed E-state index contributed by atoms with van der Waals surface area (Å²) in [7, 11) is 1.99.